The third-order valence-corrected chi connectivity index (χ3v) is 1.76. The van der Waals surface area contributed by atoms with E-state index in [0.717, 1.165) is 12.1 Å². The molecule has 1 N–H and O–H groups in total. The maximum atomic E-state index is 13.0. The summed E-state index contributed by atoms with van der Waals surface area (Å²) in [6.07, 6.45) is 0.478. The van der Waals surface area contributed by atoms with E-state index in [2.05, 4.69) is 5.32 Å². The molecule has 1 aromatic carbocycles. The largest absolute Gasteiger partial charge is 0.484 e. The first-order chi connectivity index (χ1) is 8.15. The zero-order valence-electron chi connectivity index (χ0n) is 8.77. The number of amides is 1. The van der Waals surface area contributed by atoms with E-state index in [1.807, 2.05) is 0 Å². The van der Waals surface area contributed by atoms with Gasteiger partial charge < -0.3 is 10.1 Å². The maximum absolute atomic E-state index is 13.0. The summed E-state index contributed by atoms with van der Waals surface area (Å²) in [5.74, 6) is -1.04. The Kier molecular flexibility index (Phi) is 4.63. The molecule has 0 heterocycles. The molecule has 5 nitrogen and oxygen atoms in total. The summed E-state index contributed by atoms with van der Waals surface area (Å²) >= 11 is 0. The Hall–Kier alpha value is -2.42. The van der Waals surface area contributed by atoms with E-state index in [1.165, 1.54) is 6.07 Å². The van der Waals surface area contributed by atoms with Crippen LogP contribution >= 0.6 is 0 Å². The molecule has 0 radical (unpaired) electrons. The van der Waals surface area contributed by atoms with Gasteiger partial charge >= 0.3 is 0 Å². The van der Waals surface area contributed by atoms with Crippen molar-refractivity contribution in [1.29, 1.82) is 5.26 Å². The van der Waals surface area contributed by atoms with Crippen molar-refractivity contribution in [3.05, 3.63) is 29.6 Å². The molecule has 0 bridgehead atoms. The van der Waals surface area contributed by atoms with Crippen LogP contribution in [0.4, 0.5) is 4.39 Å². The van der Waals surface area contributed by atoms with Gasteiger partial charge in [-0.05, 0) is 12.1 Å². The average molecular weight is 236 g/mol. The average Bonchev–Trinajstić information content (AvgIpc) is 2.33. The molecule has 0 aromatic heterocycles. The normalized spacial score (nSPS) is 9.18. The van der Waals surface area contributed by atoms with Crippen molar-refractivity contribution in [1.82, 2.24) is 5.32 Å². The van der Waals surface area contributed by atoms with Gasteiger partial charge in [-0.3, -0.25) is 9.59 Å². The van der Waals surface area contributed by atoms with Crippen molar-refractivity contribution < 1.29 is 18.7 Å². The summed E-state index contributed by atoms with van der Waals surface area (Å²) in [5.41, 5.74) is 0.123. The van der Waals surface area contributed by atoms with Crippen LogP contribution in [0.1, 0.15) is 10.4 Å². The van der Waals surface area contributed by atoms with Crippen LogP contribution in [-0.2, 0) is 4.79 Å². The number of carbonyl (C=O) groups excluding carboxylic acids is 2. The summed E-state index contributed by atoms with van der Waals surface area (Å²) in [5, 5.41) is 10.5. The van der Waals surface area contributed by atoms with Crippen LogP contribution < -0.4 is 10.1 Å². The number of nitriles is 1. The minimum Gasteiger partial charge on any atom is -0.484 e. The molecule has 0 aliphatic rings. The highest BCUT2D eigenvalue weighted by Crippen LogP contribution is 2.15. The summed E-state index contributed by atoms with van der Waals surface area (Å²) in [6, 6.07) is 5.15. The monoisotopic (exact) mass is 236 g/mol. The molecule has 0 fully saturated rings. The van der Waals surface area contributed by atoms with Gasteiger partial charge in [0, 0.05) is 11.6 Å². The predicted molar refractivity (Wildman–Crippen MR) is 55.9 cm³/mol. The molecular weight excluding hydrogens is 227 g/mol. The number of aldehydes is 1. The zero-order chi connectivity index (χ0) is 12.7. The van der Waals surface area contributed by atoms with E-state index in [-0.39, 0.29) is 24.5 Å². The minimum atomic E-state index is -0.623. The lowest BCUT2D eigenvalue weighted by atomic mass is 10.2. The standard InChI is InChI=1S/C11H9FN2O3/c12-9-3-8(6-15)4-10(5-9)17-7-11(16)14-2-1-13/h3-6H,2,7H2,(H,14,16). The lowest BCUT2D eigenvalue weighted by Crippen LogP contribution is -2.29. The van der Waals surface area contributed by atoms with Crippen LogP contribution in [0.5, 0.6) is 5.75 Å². The van der Waals surface area contributed by atoms with Crippen LogP contribution in [0.3, 0.4) is 0 Å². The molecule has 0 aliphatic carbocycles. The van der Waals surface area contributed by atoms with E-state index in [4.69, 9.17) is 10.00 Å². The van der Waals surface area contributed by atoms with Crippen LogP contribution in [0, 0.1) is 17.1 Å². The van der Waals surface area contributed by atoms with E-state index in [9.17, 15) is 14.0 Å². The molecule has 6 heteroatoms. The van der Waals surface area contributed by atoms with Gasteiger partial charge in [0.1, 0.15) is 24.4 Å². The fourth-order valence-electron chi connectivity index (χ4n) is 1.07. The number of nitrogens with zero attached hydrogens (tertiary/aromatic N) is 1. The van der Waals surface area contributed by atoms with E-state index < -0.39 is 11.7 Å². The molecule has 88 valence electrons. The molecule has 17 heavy (non-hydrogen) atoms. The lowest BCUT2D eigenvalue weighted by Gasteiger charge is -2.06. The second-order valence-corrected chi connectivity index (χ2v) is 3.06. The van der Waals surface area contributed by atoms with Crippen LogP contribution in [0.2, 0.25) is 0 Å². The summed E-state index contributed by atoms with van der Waals surface area (Å²) in [6.45, 7) is -0.464. The Morgan fingerprint density at radius 2 is 2.29 bits per heavy atom. The Morgan fingerprint density at radius 1 is 1.53 bits per heavy atom. The van der Waals surface area contributed by atoms with Crippen molar-refractivity contribution in [2.45, 2.75) is 0 Å². The van der Waals surface area contributed by atoms with Crippen molar-refractivity contribution in [3.8, 4) is 11.8 Å². The first kappa shape index (κ1) is 12.6. The van der Waals surface area contributed by atoms with E-state index >= 15 is 0 Å². The van der Waals surface area contributed by atoms with Gasteiger partial charge in [-0.15, -0.1) is 0 Å². The second kappa shape index (κ2) is 6.23. The smallest absolute Gasteiger partial charge is 0.258 e. The Balaban J connectivity index is 2.57. The van der Waals surface area contributed by atoms with E-state index in [1.54, 1.807) is 6.07 Å². The molecule has 1 amide bonds. The number of ether oxygens (including phenoxy) is 1. The highest BCUT2D eigenvalue weighted by Gasteiger charge is 2.04. The quantitative estimate of drug-likeness (QED) is 0.601. The summed E-state index contributed by atoms with van der Waals surface area (Å²) in [4.78, 5) is 21.5. The molecule has 0 spiro atoms. The third-order valence-electron chi connectivity index (χ3n) is 1.76. The molecule has 0 atom stereocenters. The highest BCUT2D eigenvalue weighted by atomic mass is 19.1. The van der Waals surface area contributed by atoms with Gasteiger partial charge in [-0.1, -0.05) is 0 Å². The SMILES string of the molecule is N#CCNC(=O)COc1cc(F)cc(C=O)c1. The Labute approximate surface area is 96.8 Å². The molecule has 0 unspecified atom stereocenters. The number of carbonyl (C=O) groups is 2. The van der Waals surface area contributed by atoms with Crippen LogP contribution in [0.15, 0.2) is 18.2 Å². The zero-order valence-corrected chi connectivity index (χ0v) is 8.77. The summed E-state index contributed by atoms with van der Waals surface area (Å²) in [7, 11) is 0. The van der Waals surface area contributed by atoms with Gasteiger partial charge in [-0.25, -0.2) is 4.39 Å². The second-order valence-electron chi connectivity index (χ2n) is 3.06. The molecule has 0 saturated carbocycles. The number of benzene rings is 1. The van der Waals surface area contributed by atoms with Crippen LogP contribution in [0.25, 0.3) is 0 Å². The highest BCUT2D eigenvalue weighted by molar-refractivity contribution is 5.78. The van der Waals surface area contributed by atoms with Gasteiger partial charge in [0.05, 0.1) is 6.07 Å². The fraction of sp³-hybridized carbons (Fsp3) is 0.182. The molecular formula is C11H9FN2O3. The van der Waals surface area contributed by atoms with Gasteiger partial charge in [0.2, 0.25) is 0 Å². The maximum Gasteiger partial charge on any atom is 0.258 e. The molecule has 0 saturated heterocycles. The van der Waals surface area contributed by atoms with Crippen LogP contribution in [-0.4, -0.2) is 25.3 Å². The summed E-state index contributed by atoms with van der Waals surface area (Å²) < 4.78 is 17.9. The third kappa shape index (κ3) is 4.30. The lowest BCUT2D eigenvalue weighted by molar-refractivity contribution is -0.122. The number of hydrogen-bond donors (Lipinski definition) is 1. The van der Waals surface area contributed by atoms with Crippen molar-refractivity contribution >= 4 is 12.2 Å². The van der Waals surface area contributed by atoms with Gasteiger partial charge in [-0.2, -0.15) is 5.26 Å². The Morgan fingerprint density at radius 3 is 2.94 bits per heavy atom. The van der Waals surface area contributed by atoms with Crippen molar-refractivity contribution in [2.75, 3.05) is 13.2 Å². The van der Waals surface area contributed by atoms with Crippen molar-refractivity contribution in [3.63, 3.8) is 0 Å². The van der Waals surface area contributed by atoms with Gasteiger partial charge in [0.15, 0.2) is 6.61 Å². The topological polar surface area (TPSA) is 79.2 Å². The number of hydrogen-bond acceptors (Lipinski definition) is 4. The number of rotatable bonds is 5. The minimum absolute atomic E-state index is 0.0826. The van der Waals surface area contributed by atoms with Crippen molar-refractivity contribution in [2.24, 2.45) is 0 Å². The molecule has 1 rings (SSSR count). The first-order valence-corrected chi connectivity index (χ1v) is 4.68. The number of nitrogens with one attached hydrogen (secondary N) is 1. The number of halogens is 1. The molecule has 1 aromatic rings. The molecule has 0 aliphatic heterocycles. The predicted octanol–water partition coefficient (Wildman–Crippen LogP) is 0.657. The van der Waals surface area contributed by atoms with E-state index in [0.29, 0.717) is 6.29 Å². The Bertz CT molecular complexity index is 468. The van der Waals surface area contributed by atoms with Gasteiger partial charge in [0.25, 0.3) is 5.91 Å². The first-order valence-electron chi connectivity index (χ1n) is 4.68. The fourth-order valence-corrected chi connectivity index (χ4v) is 1.07.